The van der Waals surface area contributed by atoms with Crippen LogP contribution in [0.15, 0.2) is 17.2 Å². The Morgan fingerprint density at radius 3 is 2.59 bits per heavy atom. The third kappa shape index (κ3) is 4.01. The van der Waals surface area contributed by atoms with Crippen LogP contribution in [0.4, 0.5) is 0 Å². The van der Waals surface area contributed by atoms with Gasteiger partial charge in [-0.05, 0) is 38.5 Å². The van der Waals surface area contributed by atoms with E-state index in [1.807, 2.05) is 0 Å². The van der Waals surface area contributed by atoms with Crippen LogP contribution in [0.2, 0.25) is 0 Å². The molecule has 9 heteroatoms. The van der Waals surface area contributed by atoms with Crippen LogP contribution in [0.5, 0.6) is 6.01 Å². The summed E-state index contributed by atoms with van der Waals surface area (Å²) in [5.74, 6) is 0.454. The number of amides is 1. The van der Waals surface area contributed by atoms with Crippen molar-refractivity contribution in [2.24, 2.45) is 0 Å². The Bertz CT molecular complexity index is 1030. The average molecular weight is 439 g/mol. The molecular weight excluding hydrogens is 408 g/mol. The lowest BCUT2D eigenvalue weighted by Crippen LogP contribution is -2.43. The highest BCUT2D eigenvalue weighted by atomic mass is 16.5. The average Bonchev–Trinajstić information content (AvgIpc) is 3.38. The third-order valence-electron chi connectivity index (χ3n) is 7.10. The first-order valence-corrected chi connectivity index (χ1v) is 11.7. The van der Waals surface area contributed by atoms with Crippen molar-refractivity contribution in [3.05, 3.63) is 45.4 Å². The highest BCUT2D eigenvalue weighted by Gasteiger charge is 2.33. The van der Waals surface area contributed by atoms with E-state index in [0.29, 0.717) is 24.0 Å². The number of hydrogen-bond acceptors (Lipinski definition) is 7. The van der Waals surface area contributed by atoms with Crippen LogP contribution < -0.4 is 10.3 Å². The van der Waals surface area contributed by atoms with Crippen LogP contribution >= 0.6 is 0 Å². The lowest BCUT2D eigenvalue weighted by Gasteiger charge is -2.36. The Labute approximate surface area is 187 Å². The van der Waals surface area contributed by atoms with Crippen LogP contribution in [-0.2, 0) is 13.0 Å². The van der Waals surface area contributed by atoms with Crippen molar-refractivity contribution in [2.75, 3.05) is 20.2 Å². The fourth-order valence-electron chi connectivity index (χ4n) is 5.37. The van der Waals surface area contributed by atoms with E-state index in [-0.39, 0.29) is 23.5 Å². The van der Waals surface area contributed by atoms with Crippen LogP contribution in [0.1, 0.15) is 78.4 Å². The summed E-state index contributed by atoms with van der Waals surface area (Å²) < 4.78 is 5.00. The van der Waals surface area contributed by atoms with E-state index in [4.69, 9.17) is 9.72 Å². The van der Waals surface area contributed by atoms with Crippen molar-refractivity contribution in [3.8, 4) is 6.01 Å². The second kappa shape index (κ2) is 8.97. The maximum atomic E-state index is 13.3. The number of H-pyrrole nitrogens is 1. The lowest BCUT2D eigenvalue weighted by molar-refractivity contribution is 0.0597. The second-order valence-electron chi connectivity index (χ2n) is 9.00. The Morgan fingerprint density at radius 1 is 1.09 bits per heavy atom. The van der Waals surface area contributed by atoms with Crippen LogP contribution in [-0.4, -0.2) is 61.9 Å². The molecule has 32 heavy (non-hydrogen) atoms. The topological polar surface area (TPSA) is 104 Å². The Kier molecular flexibility index (Phi) is 5.91. The summed E-state index contributed by atoms with van der Waals surface area (Å²) in [6.07, 6.45) is 11.5. The smallest absolute Gasteiger partial charge is 0.316 e. The number of carbonyl (C=O) groups excluding carboxylic acids is 1. The number of methoxy groups -OCH3 is 1. The molecule has 0 aromatic carbocycles. The fraction of sp³-hybridized carbons (Fsp3) is 0.609. The number of rotatable bonds is 4. The van der Waals surface area contributed by atoms with E-state index in [1.54, 1.807) is 4.90 Å². The summed E-state index contributed by atoms with van der Waals surface area (Å²) >= 11 is 0. The van der Waals surface area contributed by atoms with Gasteiger partial charge in [0.15, 0.2) is 0 Å². The van der Waals surface area contributed by atoms with Crippen molar-refractivity contribution >= 4 is 5.91 Å². The molecule has 1 saturated carbocycles. The normalized spacial score (nSPS) is 22.0. The number of ether oxygens (including phenoxy) is 1. The van der Waals surface area contributed by atoms with E-state index in [0.717, 1.165) is 50.0 Å². The Balaban J connectivity index is 1.42. The minimum atomic E-state index is -0.252. The van der Waals surface area contributed by atoms with Crippen molar-refractivity contribution in [1.82, 2.24) is 29.7 Å². The van der Waals surface area contributed by atoms with Gasteiger partial charge in [-0.15, -0.1) is 0 Å². The number of likely N-dealkylation sites (tertiary alicyclic amines) is 1. The first-order valence-electron chi connectivity index (χ1n) is 11.7. The molecule has 1 saturated heterocycles. The number of hydrogen-bond donors (Lipinski definition) is 1. The second-order valence-corrected chi connectivity index (χ2v) is 9.00. The zero-order valence-corrected chi connectivity index (χ0v) is 18.5. The van der Waals surface area contributed by atoms with Gasteiger partial charge in [0.1, 0.15) is 5.82 Å². The zero-order chi connectivity index (χ0) is 22.1. The van der Waals surface area contributed by atoms with Gasteiger partial charge in [-0.2, -0.15) is 0 Å². The molecule has 0 spiro atoms. The fourth-order valence-corrected chi connectivity index (χ4v) is 5.37. The van der Waals surface area contributed by atoms with Gasteiger partial charge in [0.2, 0.25) is 0 Å². The van der Waals surface area contributed by atoms with Crippen molar-refractivity contribution in [1.29, 1.82) is 0 Å². The van der Waals surface area contributed by atoms with Crippen molar-refractivity contribution in [2.45, 2.75) is 70.0 Å². The SMILES string of the molecule is COc1ncc(C(=O)N2CCCCC2c2nc3c(c(=O)[nH]2)CCN(C2CCCC2)C3)cn1. The van der Waals surface area contributed by atoms with Gasteiger partial charge < -0.3 is 14.6 Å². The largest absolute Gasteiger partial charge is 0.467 e. The van der Waals surface area contributed by atoms with Crippen LogP contribution in [0.25, 0.3) is 0 Å². The molecule has 170 valence electrons. The van der Waals surface area contributed by atoms with Gasteiger partial charge in [-0.25, -0.2) is 15.0 Å². The van der Waals surface area contributed by atoms with Gasteiger partial charge in [-0.1, -0.05) is 12.8 Å². The molecule has 1 unspecified atom stereocenters. The zero-order valence-electron chi connectivity index (χ0n) is 18.5. The first kappa shape index (κ1) is 21.1. The molecule has 5 rings (SSSR count). The molecule has 1 N–H and O–H groups in total. The number of aromatic amines is 1. The molecule has 3 aliphatic rings. The first-order chi connectivity index (χ1) is 15.6. The maximum Gasteiger partial charge on any atom is 0.316 e. The van der Waals surface area contributed by atoms with Gasteiger partial charge in [-0.3, -0.25) is 14.5 Å². The number of nitrogens with zero attached hydrogens (tertiary/aromatic N) is 5. The molecule has 2 fully saturated rings. The monoisotopic (exact) mass is 438 g/mol. The van der Waals surface area contributed by atoms with E-state index < -0.39 is 0 Å². The lowest BCUT2D eigenvalue weighted by atomic mass is 9.99. The minimum absolute atomic E-state index is 0.0539. The summed E-state index contributed by atoms with van der Waals surface area (Å²) in [6.45, 7) is 2.27. The van der Waals surface area contributed by atoms with Crippen LogP contribution in [0, 0.1) is 0 Å². The molecule has 0 radical (unpaired) electrons. The van der Waals surface area contributed by atoms with E-state index in [2.05, 4.69) is 19.9 Å². The number of nitrogens with one attached hydrogen (secondary N) is 1. The molecule has 2 aromatic heterocycles. The predicted octanol–water partition coefficient (Wildman–Crippen LogP) is 2.24. The summed E-state index contributed by atoms with van der Waals surface area (Å²) in [7, 11) is 1.49. The summed E-state index contributed by atoms with van der Waals surface area (Å²) in [4.78, 5) is 46.6. The van der Waals surface area contributed by atoms with E-state index in [1.165, 1.54) is 45.2 Å². The molecule has 2 aromatic rings. The van der Waals surface area contributed by atoms with Crippen LogP contribution in [0.3, 0.4) is 0 Å². The van der Waals surface area contributed by atoms with E-state index in [9.17, 15) is 9.59 Å². The van der Waals surface area contributed by atoms with Gasteiger partial charge in [0.25, 0.3) is 11.5 Å². The van der Waals surface area contributed by atoms with Crippen molar-refractivity contribution < 1.29 is 9.53 Å². The molecule has 0 bridgehead atoms. The predicted molar refractivity (Wildman–Crippen MR) is 117 cm³/mol. The highest BCUT2D eigenvalue weighted by molar-refractivity contribution is 5.94. The van der Waals surface area contributed by atoms with Gasteiger partial charge in [0, 0.05) is 43.6 Å². The molecular formula is C23H30N6O3. The standard InChI is InChI=1S/C23H30N6O3/c1-32-23-24-12-15(13-25-23)22(31)29-10-5-4-8-19(29)20-26-18-14-28(16-6-2-3-7-16)11-9-17(18)21(30)27-20/h12-13,16,19H,2-11,14H2,1H3,(H,26,27,30). The van der Waals surface area contributed by atoms with Gasteiger partial charge >= 0.3 is 6.01 Å². The highest BCUT2D eigenvalue weighted by Crippen LogP contribution is 2.32. The number of carbonyl (C=O) groups is 1. The van der Waals surface area contributed by atoms with Crippen molar-refractivity contribution in [3.63, 3.8) is 0 Å². The van der Waals surface area contributed by atoms with E-state index >= 15 is 0 Å². The molecule has 1 amide bonds. The number of aromatic nitrogens is 4. The molecule has 2 aliphatic heterocycles. The quantitative estimate of drug-likeness (QED) is 0.781. The molecule has 4 heterocycles. The molecule has 9 nitrogen and oxygen atoms in total. The third-order valence-corrected chi connectivity index (χ3v) is 7.10. The molecule has 1 atom stereocenters. The summed E-state index contributed by atoms with van der Waals surface area (Å²) in [5, 5.41) is 0. The van der Waals surface area contributed by atoms with Gasteiger partial charge in [0.05, 0.1) is 24.4 Å². The summed E-state index contributed by atoms with van der Waals surface area (Å²) in [6, 6.07) is 0.581. The Morgan fingerprint density at radius 2 is 1.84 bits per heavy atom. The maximum absolute atomic E-state index is 13.3. The number of piperidine rings is 1. The Hall–Kier alpha value is -2.81. The minimum Gasteiger partial charge on any atom is -0.467 e. The summed E-state index contributed by atoms with van der Waals surface area (Å²) in [5.41, 5.74) is 2.04. The molecule has 1 aliphatic carbocycles. The number of fused-ring (bicyclic) bond motifs is 1.